The highest BCUT2D eigenvalue weighted by Gasteiger charge is 2.02. The summed E-state index contributed by atoms with van der Waals surface area (Å²) in [4.78, 5) is 4.06. The minimum Gasteiger partial charge on any atom is -0.335 e. The predicted octanol–water partition coefficient (Wildman–Crippen LogP) is 2.47. The molecule has 0 fully saturated rings. The molecule has 0 aromatic carbocycles. The summed E-state index contributed by atoms with van der Waals surface area (Å²) >= 11 is 0. The molecule has 1 aromatic heterocycles. The number of hydrogen-bond donors (Lipinski definition) is 1. The van der Waals surface area contributed by atoms with Gasteiger partial charge in [-0.1, -0.05) is 13.8 Å². The fourth-order valence-corrected chi connectivity index (χ4v) is 1.59. The molecule has 1 N–H and O–H groups in total. The summed E-state index contributed by atoms with van der Waals surface area (Å²) in [6.45, 7) is 8.96. The number of rotatable bonds is 7. The first kappa shape index (κ1) is 12.2. The highest BCUT2D eigenvalue weighted by Crippen LogP contribution is 2.11. The lowest BCUT2D eigenvalue weighted by molar-refractivity contribution is 0.464. The molecule has 0 saturated heterocycles. The molecule has 0 amide bonds. The van der Waals surface area contributed by atoms with Crippen molar-refractivity contribution in [1.29, 1.82) is 0 Å². The van der Waals surface area contributed by atoms with Crippen molar-refractivity contribution in [2.75, 3.05) is 13.1 Å². The quantitative estimate of drug-likeness (QED) is 0.699. The van der Waals surface area contributed by atoms with Gasteiger partial charge in [0.1, 0.15) is 0 Å². The third-order valence-electron chi connectivity index (χ3n) is 2.56. The summed E-state index contributed by atoms with van der Waals surface area (Å²) in [5.41, 5.74) is 0. The van der Waals surface area contributed by atoms with E-state index in [1.54, 1.807) is 0 Å². The van der Waals surface area contributed by atoms with Crippen LogP contribution in [0.2, 0.25) is 0 Å². The standard InChI is InChI=1S/C12H23N3/c1-11(2)9-13-6-4-5-12(3)15-8-7-14-10-15/h7-8,10-13H,4-6,9H2,1-3H3. The number of nitrogens with zero attached hydrogens (tertiary/aromatic N) is 2. The maximum absolute atomic E-state index is 4.06. The molecular formula is C12H23N3. The van der Waals surface area contributed by atoms with Crippen LogP contribution >= 0.6 is 0 Å². The molecule has 0 radical (unpaired) electrons. The van der Waals surface area contributed by atoms with Gasteiger partial charge in [-0.05, 0) is 38.8 Å². The van der Waals surface area contributed by atoms with Gasteiger partial charge in [0.15, 0.2) is 0 Å². The van der Waals surface area contributed by atoms with Gasteiger partial charge in [0.2, 0.25) is 0 Å². The first-order valence-electron chi connectivity index (χ1n) is 5.88. The van der Waals surface area contributed by atoms with Gasteiger partial charge < -0.3 is 9.88 Å². The SMILES string of the molecule is CC(C)CNCCCC(C)n1ccnc1. The van der Waals surface area contributed by atoms with E-state index in [0.29, 0.717) is 6.04 Å². The van der Waals surface area contributed by atoms with Crippen molar-refractivity contribution in [2.45, 2.75) is 39.7 Å². The van der Waals surface area contributed by atoms with Crippen molar-refractivity contribution in [2.24, 2.45) is 5.92 Å². The molecule has 86 valence electrons. The first-order valence-corrected chi connectivity index (χ1v) is 5.88. The van der Waals surface area contributed by atoms with Crippen molar-refractivity contribution < 1.29 is 0 Å². The fourth-order valence-electron chi connectivity index (χ4n) is 1.59. The molecule has 1 rings (SSSR count). The minimum atomic E-state index is 0.563. The van der Waals surface area contributed by atoms with Gasteiger partial charge in [-0.3, -0.25) is 0 Å². The zero-order chi connectivity index (χ0) is 11.1. The van der Waals surface area contributed by atoms with Crippen molar-refractivity contribution in [3.63, 3.8) is 0 Å². The van der Waals surface area contributed by atoms with Crippen LogP contribution in [0.1, 0.15) is 39.7 Å². The molecule has 3 heteroatoms. The average Bonchev–Trinajstić information content (AvgIpc) is 2.69. The number of aromatic nitrogens is 2. The van der Waals surface area contributed by atoms with Gasteiger partial charge in [0.25, 0.3) is 0 Å². The third-order valence-corrected chi connectivity index (χ3v) is 2.56. The van der Waals surface area contributed by atoms with E-state index in [1.165, 1.54) is 12.8 Å². The van der Waals surface area contributed by atoms with E-state index in [4.69, 9.17) is 0 Å². The molecular weight excluding hydrogens is 186 g/mol. The maximum atomic E-state index is 4.06. The van der Waals surface area contributed by atoms with E-state index in [-0.39, 0.29) is 0 Å². The van der Waals surface area contributed by atoms with Crippen molar-refractivity contribution in [3.8, 4) is 0 Å². The lowest BCUT2D eigenvalue weighted by Crippen LogP contribution is -2.21. The molecule has 0 aliphatic heterocycles. The van der Waals surface area contributed by atoms with Crippen molar-refractivity contribution >= 4 is 0 Å². The maximum Gasteiger partial charge on any atom is 0.0948 e. The summed E-state index contributed by atoms with van der Waals surface area (Å²) in [6, 6.07) is 0.563. The van der Waals surface area contributed by atoms with Crippen LogP contribution in [0, 0.1) is 5.92 Å². The largest absolute Gasteiger partial charge is 0.335 e. The Morgan fingerprint density at radius 1 is 1.33 bits per heavy atom. The molecule has 0 spiro atoms. The van der Waals surface area contributed by atoms with Gasteiger partial charge in [0, 0.05) is 18.4 Å². The summed E-state index contributed by atoms with van der Waals surface area (Å²) < 4.78 is 2.17. The average molecular weight is 209 g/mol. The van der Waals surface area contributed by atoms with Crippen LogP contribution in [0.3, 0.4) is 0 Å². The molecule has 1 unspecified atom stereocenters. The van der Waals surface area contributed by atoms with Gasteiger partial charge in [-0.25, -0.2) is 4.98 Å². The fraction of sp³-hybridized carbons (Fsp3) is 0.750. The number of imidazole rings is 1. The van der Waals surface area contributed by atoms with E-state index in [2.05, 4.69) is 35.6 Å². The van der Waals surface area contributed by atoms with Crippen LogP contribution in [0.15, 0.2) is 18.7 Å². The molecule has 1 aromatic rings. The van der Waals surface area contributed by atoms with Crippen LogP contribution in [0.25, 0.3) is 0 Å². The smallest absolute Gasteiger partial charge is 0.0948 e. The second-order valence-corrected chi connectivity index (χ2v) is 4.60. The predicted molar refractivity (Wildman–Crippen MR) is 63.9 cm³/mol. The Balaban J connectivity index is 2.05. The zero-order valence-electron chi connectivity index (χ0n) is 10.1. The molecule has 0 saturated carbocycles. The summed E-state index contributed by atoms with van der Waals surface area (Å²) in [5, 5.41) is 3.46. The second kappa shape index (κ2) is 6.62. The van der Waals surface area contributed by atoms with Gasteiger partial charge >= 0.3 is 0 Å². The monoisotopic (exact) mass is 209 g/mol. The molecule has 1 atom stereocenters. The Kier molecular flexibility index (Phi) is 5.40. The molecule has 1 heterocycles. The van der Waals surface area contributed by atoms with E-state index in [9.17, 15) is 0 Å². The van der Waals surface area contributed by atoms with E-state index < -0.39 is 0 Å². The molecule has 0 bridgehead atoms. The van der Waals surface area contributed by atoms with Crippen LogP contribution in [0.5, 0.6) is 0 Å². The summed E-state index contributed by atoms with van der Waals surface area (Å²) in [6.07, 6.45) is 8.21. The Morgan fingerprint density at radius 2 is 2.13 bits per heavy atom. The van der Waals surface area contributed by atoms with Crippen LogP contribution in [0.4, 0.5) is 0 Å². The summed E-state index contributed by atoms with van der Waals surface area (Å²) in [7, 11) is 0. The Labute approximate surface area is 92.9 Å². The van der Waals surface area contributed by atoms with Gasteiger partial charge in [-0.15, -0.1) is 0 Å². The Hall–Kier alpha value is -0.830. The van der Waals surface area contributed by atoms with Crippen LogP contribution < -0.4 is 5.32 Å². The topological polar surface area (TPSA) is 29.9 Å². The lowest BCUT2D eigenvalue weighted by atomic mass is 10.1. The second-order valence-electron chi connectivity index (χ2n) is 4.60. The molecule has 15 heavy (non-hydrogen) atoms. The van der Waals surface area contributed by atoms with E-state index >= 15 is 0 Å². The highest BCUT2D eigenvalue weighted by molar-refractivity contribution is 4.78. The molecule has 0 aliphatic rings. The lowest BCUT2D eigenvalue weighted by Gasteiger charge is -2.13. The third kappa shape index (κ3) is 4.98. The minimum absolute atomic E-state index is 0.563. The normalized spacial score (nSPS) is 13.3. The van der Waals surface area contributed by atoms with Crippen LogP contribution in [-0.4, -0.2) is 22.6 Å². The van der Waals surface area contributed by atoms with Crippen molar-refractivity contribution in [1.82, 2.24) is 14.9 Å². The zero-order valence-corrected chi connectivity index (χ0v) is 10.1. The summed E-state index contributed by atoms with van der Waals surface area (Å²) in [5.74, 6) is 0.746. The van der Waals surface area contributed by atoms with Crippen LogP contribution in [-0.2, 0) is 0 Å². The first-order chi connectivity index (χ1) is 7.20. The van der Waals surface area contributed by atoms with Gasteiger partial charge in [0.05, 0.1) is 6.33 Å². The molecule has 3 nitrogen and oxygen atoms in total. The highest BCUT2D eigenvalue weighted by atomic mass is 15.0. The molecule has 0 aliphatic carbocycles. The van der Waals surface area contributed by atoms with E-state index in [0.717, 1.165) is 19.0 Å². The number of hydrogen-bond acceptors (Lipinski definition) is 2. The Bertz CT molecular complexity index is 241. The number of nitrogens with one attached hydrogen (secondary N) is 1. The Morgan fingerprint density at radius 3 is 2.73 bits per heavy atom. The van der Waals surface area contributed by atoms with E-state index in [1.807, 2.05) is 18.7 Å². The van der Waals surface area contributed by atoms with Gasteiger partial charge in [-0.2, -0.15) is 0 Å². The van der Waals surface area contributed by atoms with Crippen molar-refractivity contribution in [3.05, 3.63) is 18.7 Å².